The fraction of sp³-hybridized carbons (Fsp3) is 0.541. The lowest BCUT2D eigenvalue weighted by atomic mass is 9.72. The minimum Gasteiger partial charge on any atom is -0.507 e. The van der Waals surface area contributed by atoms with Gasteiger partial charge in [-0.05, 0) is 68.0 Å². The summed E-state index contributed by atoms with van der Waals surface area (Å²) in [4.78, 5) is 111. The SMILES string of the molecule is COc1cccc2c1C(=O)c1c(O)c3c(c(O)c1C2=O)C[C@@](O)(C(=O)COC(=O)N(C)CCN(C)C(=O)OCc1ccc(NC(=O)[C@@H](/C=C(\F)[C@@H](NC(=O)CCCCCN)C(C)C)CCCNC(N)=O)cc1)C[C@@H]3O[C@H]1C[C@H]2[C@@H](CO1)O[C@@H]1COCCN12. The van der Waals surface area contributed by atoms with E-state index in [0.717, 1.165) is 17.7 Å². The molecule has 10 N–H and O–H groups in total. The number of hydrogen-bond donors (Lipinski definition) is 8. The molecular weight excluding hydrogens is 1150 g/mol. The van der Waals surface area contributed by atoms with E-state index in [1.807, 2.05) is 0 Å². The molecule has 3 aromatic rings. The molecule has 6 amide bonds. The molecule has 5 aliphatic rings. The lowest BCUT2D eigenvalue weighted by Crippen LogP contribution is -2.51. The molecule has 3 heterocycles. The third kappa shape index (κ3) is 15.4. The van der Waals surface area contributed by atoms with Crippen LogP contribution in [-0.2, 0) is 55.8 Å². The predicted octanol–water partition coefficient (Wildman–Crippen LogP) is 4.21. The van der Waals surface area contributed by atoms with Crippen molar-refractivity contribution in [3.05, 3.63) is 93.3 Å². The number of ether oxygens (including phenoxy) is 7. The quantitative estimate of drug-likeness (QED) is 0.0322. The number of fused-ring (bicyclic) bond motifs is 6. The maximum absolute atomic E-state index is 15.9. The molecule has 2 aliphatic carbocycles. The second-order valence-corrected chi connectivity index (χ2v) is 23.0. The molecule has 3 saturated heterocycles. The molecule has 3 aromatic carbocycles. The summed E-state index contributed by atoms with van der Waals surface area (Å²) < 4.78 is 56.5. The number of phenolic OH excluding ortho intramolecular Hbond substituents is 2. The Hall–Kier alpha value is -7.79. The molecule has 88 heavy (non-hydrogen) atoms. The second-order valence-electron chi connectivity index (χ2n) is 23.0. The van der Waals surface area contributed by atoms with E-state index in [0.29, 0.717) is 44.0 Å². The van der Waals surface area contributed by atoms with Gasteiger partial charge in [0.25, 0.3) is 0 Å². The third-order valence-corrected chi connectivity index (χ3v) is 16.5. The minimum absolute atomic E-state index is 0.0588. The van der Waals surface area contributed by atoms with Crippen LogP contribution < -0.4 is 32.2 Å². The van der Waals surface area contributed by atoms with Crippen molar-refractivity contribution in [3.8, 4) is 17.2 Å². The van der Waals surface area contributed by atoms with Crippen LogP contribution in [0.1, 0.15) is 120 Å². The Morgan fingerprint density at radius 3 is 2.33 bits per heavy atom. The van der Waals surface area contributed by atoms with Crippen molar-refractivity contribution >= 4 is 53.1 Å². The maximum atomic E-state index is 15.9. The van der Waals surface area contributed by atoms with E-state index in [9.17, 15) is 53.7 Å². The number of aliphatic hydroxyl groups is 1. The van der Waals surface area contributed by atoms with Gasteiger partial charge < -0.3 is 85.7 Å². The highest BCUT2D eigenvalue weighted by molar-refractivity contribution is 6.31. The van der Waals surface area contributed by atoms with Gasteiger partial charge in [-0.1, -0.05) is 44.5 Å². The first-order valence-electron chi connectivity index (χ1n) is 29.5. The van der Waals surface area contributed by atoms with Gasteiger partial charge in [0.1, 0.15) is 41.5 Å². The van der Waals surface area contributed by atoms with Crippen molar-refractivity contribution in [1.29, 1.82) is 0 Å². The van der Waals surface area contributed by atoms with Crippen molar-refractivity contribution in [2.45, 2.75) is 121 Å². The Labute approximate surface area is 508 Å². The number of ketones is 3. The highest BCUT2D eigenvalue weighted by Gasteiger charge is 2.52. The zero-order valence-electron chi connectivity index (χ0n) is 50.0. The maximum Gasteiger partial charge on any atom is 0.409 e. The predicted molar refractivity (Wildman–Crippen MR) is 312 cm³/mol. The fourth-order valence-corrected chi connectivity index (χ4v) is 11.6. The Kier molecular flexibility index (Phi) is 22.2. The average Bonchev–Trinajstić information content (AvgIpc) is 2.09. The van der Waals surface area contributed by atoms with Crippen LogP contribution >= 0.6 is 0 Å². The molecule has 8 rings (SSSR count). The number of morpholine rings is 1. The summed E-state index contributed by atoms with van der Waals surface area (Å²) in [6, 6.07) is 8.78. The van der Waals surface area contributed by atoms with Gasteiger partial charge in [0.05, 0.1) is 67.8 Å². The number of urea groups is 1. The van der Waals surface area contributed by atoms with Crippen LogP contribution in [0, 0.1) is 11.8 Å². The Morgan fingerprint density at radius 1 is 0.920 bits per heavy atom. The van der Waals surface area contributed by atoms with E-state index in [1.54, 1.807) is 38.1 Å². The van der Waals surface area contributed by atoms with E-state index in [-0.39, 0.29) is 117 Å². The number of rotatable bonds is 26. The van der Waals surface area contributed by atoms with Crippen LogP contribution in [0.4, 0.5) is 24.5 Å². The molecule has 0 aromatic heterocycles. The van der Waals surface area contributed by atoms with Crippen molar-refractivity contribution in [1.82, 2.24) is 25.3 Å². The number of phenols is 2. The molecule has 8 atom stereocenters. The van der Waals surface area contributed by atoms with Crippen LogP contribution in [0.2, 0.25) is 0 Å². The number of nitrogens with one attached hydrogen (secondary N) is 3. The summed E-state index contributed by atoms with van der Waals surface area (Å²) in [5.74, 6) is -6.96. The van der Waals surface area contributed by atoms with Crippen LogP contribution in [0.5, 0.6) is 17.2 Å². The topological polar surface area (TPSA) is 360 Å². The van der Waals surface area contributed by atoms with E-state index >= 15 is 4.39 Å². The van der Waals surface area contributed by atoms with E-state index < -0.39 is 119 Å². The summed E-state index contributed by atoms with van der Waals surface area (Å²) in [6.45, 7) is 4.34. The second kappa shape index (κ2) is 29.5. The molecule has 0 unspecified atom stereocenters. The first-order valence-corrected chi connectivity index (χ1v) is 29.5. The minimum atomic E-state index is -2.45. The summed E-state index contributed by atoms with van der Waals surface area (Å²) >= 11 is 0. The average molecular weight is 1230 g/mol. The van der Waals surface area contributed by atoms with Crippen LogP contribution in [0.15, 0.2) is 54.4 Å². The molecule has 27 heteroatoms. The van der Waals surface area contributed by atoms with E-state index in [1.165, 1.54) is 50.4 Å². The molecule has 478 valence electrons. The van der Waals surface area contributed by atoms with Gasteiger partial charge >= 0.3 is 18.2 Å². The Balaban J connectivity index is 0.859. The number of benzene rings is 3. The highest BCUT2D eigenvalue weighted by atomic mass is 19.1. The van der Waals surface area contributed by atoms with Gasteiger partial charge in [-0.25, -0.2) is 18.8 Å². The molecule has 0 radical (unpaired) electrons. The van der Waals surface area contributed by atoms with Crippen LogP contribution in [-0.4, -0.2) is 194 Å². The largest absolute Gasteiger partial charge is 0.507 e. The lowest BCUT2D eigenvalue weighted by molar-refractivity contribution is -0.223. The monoisotopic (exact) mass is 1230 g/mol. The van der Waals surface area contributed by atoms with Gasteiger partial charge in [0, 0.05) is 94.4 Å². The van der Waals surface area contributed by atoms with Crippen molar-refractivity contribution in [2.75, 3.05) is 85.7 Å². The van der Waals surface area contributed by atoms with Gasteiger partial charge in [-0.3, -0.25) is 28.9 Å². The number of nitrogens with two attached hydrogens (primary N) is 2. The smallest absolute Gasteiger partial charge is 0.409 e. The number of nitrogens with zero attached hydrogens (tertiary/aromatic N) is 3. The number of halogens is 1. The summed E-state index contributed by atoms with van der Waals surface area (Å²) in [5, 5.41) is 44.4. The number of anilines is 1. The third-order valence-electron chi connectivity index (χ3n) is 16.5. The standard InChI is InChI=1S/C61H79FN8O18/c1-33(2)52(67-45(72)14-7-6-8-19-63)39(62)25-35(11-10-20-65-58(64)78)57(77)66-36-17-15-34(16-18-36)29-85-59(79)68(3)21-22-69(4)60(80)86-31-44(71)61(81)27-38-49(42(28-61)88-47-26-40-43(30-84-47)87-46-32-83-24-23-70(40)46)56(76)51-50(54(38)74)53(73)37-12-9-13-41(82-5)48(37)55(51)75/h9,12-13,15-18,25,33,35,40,42-43,46-47,52,74,76,81H,6-8,10-11,14,19-24,26-32,63H2,1-5H3,(H,66,77)(H,67,72)(H3,64,65,78)/b39-25-/t35-,40+,42+,43-,46-,47+,52+,61+/m1/s1. The van der Waals surface area contributed by atoms with Crippen molar-refractivity contribution in [3.63, 3.8) is 0 Å². The van der Waals surface area contributed by atoms with Crippen molar-refractivity contribution in [2.24, 2.45) is 23.3 Å². The van der Waals surface area contributed by atoms with Crippen molar-refractivity contribution < 1.29 is 91.2 Å². The summed E-state index contributed by atoms with van der Waals surface area (Å²) in [5.41, 5.74) is 7.52. The highest BCUT2D eigenvalue weighted by Crippen LogP contribution is 2.53. The molecule has 0 saturated carbocycles. The van der Waals surface area contributed by atoms with Gasteiger partial charge in [-0.2, -0.15) is 0 Å². The van der Waals surface area contributed by atoms with E-state index in [2.05, 4.69) is 20.9 Å². The lowest BCUT2D eigenvalue weighted by Gasteiger charge is -2.41. The summed E-state index contributed by atoms with van der Waals surface area (Å²) in [6.07, 6.45) is -1.92. The number of Topliss-reactive ketones (excluding diaryl/α,β-unsaturated/α-hetero) is 1. The normalized spacial score (nSPS) is 22.0. The number of methoxy groups -OCH3 is 1. The van der Waals surface area contributed by atoms with Gasteiger partial charge in [0.15, 0.2) is 18.7 Å². The molecule has 0 bridgehead atoms. The number of likely N-dealkylation sites (N-methyl/N-ethyl adjacent to an activating group) is 2. The Bertz CT molecular complexity index is 3130. The van der Waals surface area contributed by atoms with E-state index in [4.69, 9.17) is 44.6 Å². The molecule has 0 spiro atoms. The molecular formula is C61H79FN8O18. The number of aromatic hydroxyl groups is 2. The van der Waals surface area contributed by atoms with Gasteiger partial charge in [-0.15, -0.1) is 0 Å². The zero-order chi connectivity index (χ0) is 63.6. The Morgan fingerprint density at radius 2 is 1.64 bits per heavy atom. The number of amides is 6. The number of primary amides is 1. The number of carbonyl (C=O) groups is 8. The fourth-order valence-electron chi connectivity index (χ4n) is 11.6. The zero-order valence-corrected chi connectivity index (χ0v) is 50.0. The summed E-state index contributed by atoms with van der Waals surface area (Å²) in [7, 11) is 4.10. The first kappa shape index (κ1) is 66.2. The molecule has 3 fully saturated rings. The van der Waals surface area contributed by atoms with Gasteiger partial charge in [0.2, 0.25) is 23.4 Å². The molecule has 26 nitrogen and oxygen atoms in total. The number of unbranched alkanes of at least 4 members (excludes halogenated alkanes) is 2. The first-order chi connectivity index (χ1) is 42.0. The van der Waals surface area contributed by atoms with Crippen LogP contribution in [0.3, 0.4) is 0 Å². The van der Waals surface area contributed by atoms with Crippen LogP contribution in [0.25, 0.3) is 0 Å². The number of hydrogen-bond acceptors (Lipinski definition) is 20. The molecule has 3 aliphatic heterocycles. The number of carbonyl (C=O) groups excluding carboxylic acids is 8.